The van der Waals surface area contributed by atoms with Crippen LogP contribution in [0.5, 0.6) is 0 Å². The van der Waals surface area contributed by atoms with E-state index in [0.29, 0.717) is 0 Å². The maximum absolute atomic E-state index is 8.49. The second kappa shape index (κ2) is 8.91. The predicted molar refractivity (Wildman–Crippen MR) is 93.1 cm³/mol. The Morgan fingerprint density at radius 3 is 1.72 bits per heavy atom. The molecule has 0 aliphatic heterocycles. The molecule has 4 rings (SSSR count). The number of benzene rings is 2. The SMILES string of the molecule is Cc1cc(-c2ccccc2)cc(-c2ccccc2)[n+]1-n1cnnc1.[O-][Cl+3]([O-])([O-])[O-]. The smallest absolute Gasteiger partial charge is 0.222 e. The van der Waals surface area contributed by atoms with Crippen molar-refractivity contribution in [3.63, 3.8) is 0 Å². The van der Waals surface area contributed by atoms with E-state index in [1.54, 1.807) is 12.7 Å². The van der Waals surface area contributed by atoms with Crippen LogP contribution in [0, 0.1) is 17.2 Å². The Hall–Kier alpha value is -3.14. The predicted octanol–water partition coefficient (Wildman–Crippen LogP) is -1.24. The highest BCUT2D eigenvalue weighted by Crippen LogP contribution is 2.24. The average molecular weight is 413 g/mol. The maximum Gasteiger partial charge on any atom is 0.244 e. The first-order chi connectivity index (χ1) is 13.8. The summed E-state index contributed by atoms with van der Waals surface area (Å²) in [6.07, 6.45) is 3.42. The van der Waals surface area contributed by atoms with Gasteiger partial charge < -0.3 is 0 Å². The number of halogens is 1. The Kier molecular flexibility index (Phi) is 6.32. The molecule has 0 saturated carbocycles. The molecular weight excluding hydrogens is 396 g/mol. The third-order valence-electron chi connectivity index (χ3n) is 4.03. The molecule has 0 spiro atoms. The number of aromatic nitrogens is 4. The average Bonchev–Trinajstić information content (AvgIpc) is 3.22. The lowest BCUT2D eigenvalue weighted by atomic mass is 10.0. The standard InChI is InChI=1S/C20H17N4.ClHO4/c1-16-12-19(17-8-4-2-5-9-17)13-20(18-10-6-3-7-11-18)24(16)23-14-21-22-15-23;2-1(3,4)5/h2-15H,1H3;(H,2,3,4,5)/q+1;/p-1. The number of hydrogen-bond acceptors (Lipinski definition) is 6. The van der Waals surface area contributed by atoms with Gasteiger partial charge in [0.2, 0.25) is 11.4 Å². The summed E-state index contributed by atoms with van der Waals surface area (Å²) in [5.74, 6) is 0. The van der Waals surface area contributed by atoms with Gasteiger partial charge in [-0.3, -0.25) is 0 Å². The van der Waals surface area contributed by atoms with Gasteiger partial charge in [0.1, 0.15) is 0 Å². The summed E-state index contributed by atoms with van der Waals surface area (Å²) in [6.45, 7) is 2.10. The highest BCUT2D eigenvalue weighted by Gasteiger charge is 2.21. The quantitative estimate of drug-likeness (QED) is 0.387. The van der Waals surface area contributed by atoms with Gasteiger partial charge in [-0.1, -0.05) is 57.9 Å². The van der Waals surface area contributed by atoms with E-state index in [2.05, 4.69) is 82.5 Å². The lowest BCUT2D eigenvalue weighted by molar-refractivity contribution is -2.00. The van der Waals surface area contributed by atoms with E-state index in [9.17, 15) is 0 Å². The van der Waals surface area contributed by atoms with Crippen LogP contribution in [-0.4, -0.2) is 14.9 Å². The van der Waals surface area contributed by atoms with Crippen molar-refractivity contribution in [1.82, 2.24) is 14.9 Å². The van der Waals surface area contributed by atoms with Gasteiger partial charge in [-0.2, -0.15) is 0 Å². The van der Waals surface area contributed by atoms with E-state index in [0.717, 1.165) is 17.0 Å². The van der Waals surface area contributed by atoms with Crippen LogP contribution in [0.25, 0.3) is 22.4 Å². The molecule has 0 fully saturated rings. The van der Waals surface area contributed by atoms with Crippen LogP contribution in [0.3, 0.4) is 0 Å². The van der Waals surface area contributed by atoms with Crippen LogP contribution >= 0.6 is 0 Å². The first-order valence-electron chi connectivity index (χ1n) is 8.47. The molecule has 9 heteroatoms. The second-order valence-electron chi connectivity index (χ2n) is 6.03. The van der Waals surface area contributed by atoms with Crippen molar-refractivity contribution in [1.29, 1.82) is 0 Å². The first-order valence-corrected chi connectivity index (χ1v) is 9.71. The minimum absolute atomic E-state index is 1.09. The Balaban J connectivity index is 0.000000431. The number of aryl methyl sites for hydroxylation is 1. The van der Waals surface area contributed by atoms with Crippen molar-refractivity contribution >= 4 is 0 Å². The Labute approximate surface area is 169 Å². The molecule has 0 atom stereocenters. The molecule has 4 aromatic rings. The molecular formula is C20H17ClN4O4. The third-order valence-corrected chi connectivity index (χ3v) is 4.03. The minimum Gasteiger partial charge on any atom is -0.222 e. The molecule has 29 heavy (non-hydrogen) atoms. The molecule has 2 aromatic carbocycles. The van der Waals surface area contributed by atoms with Gasteiger partial charge in [-0.15, -0.1) is 20.4 Å². The summed E-state index contributed by atoms with van der Waals surface area (Å²) in [4.78, 5) is 0. The molecule has 0 aliphatic rings. The maximum atomic E-state index is 8.49. The van der Waals surface area contributed by atoms with Gasteiger partial charge in [-0.05, 0) is 23.3 Å². The van der Waals surface area contributed by atoms with E-state index in [1.165, 1.54) is 11.1 Å². The highest BCUT2D eigenvalue weighted by atomic mass is 35.7. The molecule has 0 N–H and O–H groups in total. The van der Waals surface area contributed by atoms with E-state index in [-0.39, 0.29) is 0 Å². The molecule has 0 bridgehead atoms. The summed E-state index contributed by atoms with van der Waals surface area (Å²) >= 11 is 0. The zero-order valence-electron chi connectivity index (χ0n) is 15.4. The Bertz CT molecular complexity index is 1050. The number of rotatable bonds is 3. The van der Waals surface area contributed by atoms with E-state index >= 15 is 0 Å². The van der Waals surface area contributed by atoms with E-state index in [4.69, 9.17) is 18.6 Å². The molecule has 0 radical (unpaired) electrons. The van der Waals surface area contributed by atoms with E-state index in [1.807, 2.05) is 16.8 Å². The minimum atomic E-state index is -4.94. The zero-order chi connectivity index (χ0) is 20.9. The van der Waals surface area contributed by atoms with Crippen LogP contribution in [0.4, 0.5) is 0 Å². The van der Waals surface area contributed by atoms with Crippen molar-refractivity contribution in [2.75, 3.05) is 0 Å². The topological polar surface area (TPSA) is 127 Å². The zero-order valence-corrected chi connectivity index (χ0v) is 16.1. The molecule has 0 saturated heterocycles. The molecule has 0 amide bonds. The van der Waals surface area contributed by atoms with Gasteiger partial charge in [0.25, 0.3) is 0 Å². The molecule has 0 aliphatic carbocycles. The van der Waals surface area contributed by atoms with Crippen LogP contribution in [0.2, 0.25) is 0 Å². The first kappa shape index (κ1) is 20.6. The number of pyridine rings is 1. The van der Waals surface area contributed by atoms with Crippen molar-refractivity contribution in [2.45, 2.75) is 6.92 Å². The monoisotopic (exact) mass is 412 g/mol. The van der Waals surface area contributed by atoms with Crippen molar-refractivity contribution < 1.29 is 33.6 Å². The molecule has 2 aromatic heterocycles. The fourth-order valence-electron chi connectivity index (χ4n) is 2.94. The van der Waals surface area contributed by atoms with Crippen molar-refractivity contribution in [3.8, 4) is 22.4 Å². The van der Waals surface area contributed by atoms with Gasteiger partial charge in [0.15, 0.2) is 12.7 Å². The normalized spacial score (nSPS) is 10.9. The number of nitrogens with zero attached hydrogens (tertiary/aromatic N) is 4. The third kappa shape index (κ3) is 5.67. The molecule has 8 nitrogen and oxygen atoms in total. The summed E-state index contributed by atoms with van der Waals surface area (Å²) < 4.78 is 38.0. The van der Waals surface area contributed by atoms with Crippen molar-refractivity contribution in [3.05, 3.63) is 91.1 Å². The van der Waals surface area contributed by atoms with Gasteiger partial charge in [0.05, 0.1) is 0 Å². The highest BCUT2D eigenvalue weighted by molar-refractivity contribution is 5.69. The van der Waals surface area contributed by atoms with E-state index < -0.39 is 10.2 Å². The second-order valence-corrected chi connectivity index (χ2v) is 6.79. The van der Waals surface area contributed by atoms with Crippen molar-refractivity contribution in [2.24, 2.45) is 0 Å². The summed E-state index contributed by atoms with van der Waals surface area (Å²) in [6, 6.07) is 25.2. The van der Waals surface area contributed by atoms with Gasteiger partial charge in [0, 0.05) is 24.6 Å². The largest absolute Gasteiger partial charge is 0.244 e. The van der Waals surface area contributed by atoms with Crippen LogP contribution < -0.4 is 23.3 Å². The van der Waals surface area contributed by atoms with Crippen LogP contribution in [0.1, 0.15) is 5.69 Å². The molecule has 148 valence electrons. The summed E-state index contributed by atoms with van der Waals surface area (Å²) in [5, 5.41) is 7.89. The number of hydrogen-bond donors (Lipinski definition) is 0. The summed E-state index contributed by atoms with van der Waals surface area (Å²) in [7, 11) is -4.94. The summed E-state index contributed by atoms with van der Waals surface area (Å²) in [5.41, 5.74) is 5.74. The molecule has 2 heterocycles. The van der Waals surface area contributed by atoms with Gasteiger partial charge in [-0.25, -0.2) is 18.6 Å². The lowest BCUT2D eigenvalue weighted by Gasteiger charge is -2.17. The fourth-order valence-corrected chi connectivity index (χ4v) is 2.94. The van der Waals surface area contributed by atoms with Crippen LogP contribution in [-0.2, 0) is 0 Å². The molecule has 0 unspecified atom stereocenters. The fraction of sp³-hybridized carbons (Fsp3) is 0.0500. The van der Waals surface area contributed by atoms with Crippen LogP contribution in [0.15, 0.2) is 85.5 Å². The Morgan fingerprint density at radius 1 is 0.724 bits per heavy atom. The lowest BCUT2D eigenvalue weighted by Crippen LogP contribution is -2.68. The van der Waals surface area contributed by atoms with Gasteiger partial charge >= 0.3 is 0 Å². The Morgan fingerprint density at radius 2 is 1.21 bits per heavy atom.